The van der Waals surface area contributed by atoms with Crippen LogP contribution in [0.3, 0.4) is 0 Å². The molecule has 1 aliphatic rings. The molecular weight excluding hydrogens is 493 g/mol. The first-order chi connectivity index (χ1) is 17.2. The molecule has 10 heteroatoms. The van der Waals surface area contributed by atoms with Gasteiger partial charge in [-0.15, -0.1) is 0 Å². The molecule has 0 spiro atoms. The summed E-state index contributed by atoms with van der Waals surface area (Å²) < 4.78 is 39.9. The van der Waals surface area contributed by atoms with Crippen LogP contribution in [0.4, 0.5) is 13.2 Å². The minimum absolute atomic E-state index is 0.0768. The third-order valence-electron chi connectivity index (χ3n) is 5.72. The molecule has 36 heavy (non-hydrogen) atoms. The average Bonchev–Trinajstić information content (AvgIpc) is 3.19. The molecular formula is C26H22ClF3N4O2. The summed E-state index contributed by atoms with van der Waals surface area (Å²) in [6.07, 6.45) is -4.09. The Hall–Kier alpha value is -3.85. The van der Waals surface area contributed by atoms with E-state index in [-0.39, 0.29) is 22.8 Å². The summed E-state index contributed by atoms with van der Waals surface area (Å²) in [5.74, 6) is -0.429. The van der Waals surface area contributed by atoms with Gasteiger partial charge in [-0.3, -0.25) is 9.69 Å². The van der Waals surface area contributed by atoms with E-state index in [1.165, 1.54) is 17.0 Å². The number of halogens is 4. The van der Waals surface area contributed by atoms with Gasteiger partial charge in [0, 0.05) is 13.6 Å². The zero-order valence-electron chi connectivity index (χ0n) is 19.2. The van der Waals surface area contributed by atoms with E-state index < -0.39 is 23.7 Å². The number of amides is 1. The van der Waals surface area contributed by atoms with Crippen LogP contribution in [0.1, 0.15) is 28.4 Å². The van der Waals surface area contributed by atoms with E-state index in [1.807, 2.05) is 30.3 Å². The minimum atomic E-state index is -4.61. The molecule has 1 fully saturated rings. The summed E-state index contributed by atoms with van der Waals surface area (Å²) >= 11 is 6.09. The van der Waals surface area contributed by atoms with Crippen LogP contribution in [0.5, 0.6) is 0 Å². The van der Waals surface area contributed by atoms with Gasteiger partial charge in [-0.2, -0.15) is 13.2 Å². The molecule has 4 rings (SSSR count). The van der Waals surface area contributed by atoms with Crippen molar-refractivity contribution in [2.24, 2.45) is 4.99 Å². The van der Waals surface area contributed by atoms with Crippen molar-refractivity contribution >= 4 is 29.0 Å². The van der Waals surface area contributed by atoms with E-state index in [2.05, 4.69) is 9.98 Å². The number of alkyl halides is 3. The molecule has 1 N–H and O–H groups in total. The Balaban J connectivity index is 1.77. The predicted molar refractivity (Wildman–Crippen MR) is 131 cm³/mol. The topological polar surface area (TPSA) is 69.0 Å². The van der Waals surface area contributed by atoms with E-state index in [4.69, 9.17) is 11.6 Å². The van der Waals surface area contributed by atoms with Crippen molar-refractivity contribution in [2.45, 2.75) is 18.8 Å². The van der Waals surface area contributed by atoms with Gasteiger partial charge in [0.25, 0.3) is 5.91 Å². The second kappa shape index (κ2) is 10.4. The van der Waals surface area contributed by atoms with Crippen LogP contribution >= 0.6 is 11.6 Å². The van der Waals surface area contributed by atoms with E-state index in [0.717, 1.165) is 17.7 Å². The number of guanidine groups is 1. The van der Waals surface area contributed by atoms with Crippen LogP contribution in [0.15, 0.2) is 84.1 Å². The summed E-state index contributed by atoms with van der Waals surface area (Å²) in [5, 5.41) is 10.2. The number of rotatable bonds is 5. The standard InChI is InChI=1S/C26H22ClF3N4O2/c1-33-15-22(21-11-6-12-23(27)32-21)34(25(33)31-14-17-7-3-2-4-8-17)24(36)20(16-35)18-9-5-10-19(13-18)26(28,29)30/h2-13,16,22,35H,14-15H2,1H3. The van der Waals surface area contributed by atoms with E-state index in [9.17, 15) is 23.1 Å². The molecule has 186 valence electrons. The molecule has 1 amide bonds. The number of aliphatic hydroxyl groups excluding tert-OH is 1. The summed E-state index contributed by atoms with van der Waals surface area (Å²) in [6, 6.07) is 18.0. The number of hydrogen-bond donors (Lipinski definition) is 1. The molecule has 0 bridgehead atoms. The van der Waals surface area contributed by atoms with Gasteiger partial charge in [-0.25, -0.2) is 9.98 Å². The Bertz CT molecular complexity index is 1310. The number of likely N-dealkylation sites (N-methyl/N-ethyl adjacent to an activating group) is 1. The number of nitrogens with zero attached hydrogens (tertiary/aromatic N) is 4. The molecule has 2 aromatic carbocycles. The molecule has 3 aromatic rings. The van der Waals surface area contributed by atoms with E-state index in [0.29, 0.717) is 24.5 Å². The maximum atomic E-state index is 13.8. The van der Waals surface area contributed by atoms with Crippen LogP contribution in [0.25, 0.3) is 5.57 Å². The lowest BCUT2D eigenvalue weighted by atomic mass is 10.0. The van der Waals surface area contributed by atoms with Gasteiger partial charge in [0.05, 0.1) is 35.7 Å². The van der Waals surface area contributed by atoms with Gasteiger partial charge in [-0.1, -0.05) is 60.1 Å². The number of aliphatic imine (C=N–C) groups is 1. The largest absolute Gasteiger partial charge is 0.515 e. The van der Waals surface area contributed by atoms with Crippen LogP contribution in [-0.4, -0.2) is 45.3 Å². The van der Waals surface area contributed by atoms with Crippen molar-refractivity contribution in [3.05, 3.63) is 107 Å². The fourth-order valence-corrected chi connectivity index (χ4v) is 4.17. The van der Waals surface area contributed by atoms with Crippen LogP contribution in [0.2, 0.25) is 5.15 Å². The molecule has 1 aliphatic heterocycles. The van der Waals surface area contributed by atoms with Crippen LogP contribution < -0.4 is 0 Å². The van der Waals surface area contributed by atoms with Gasteiger partial charge >= 0.3 is 6.18 Å². The monoisotopic (exact) mass is 514 g/mol. The Morgan fingerprint density at radius 2 is 1.86 bits per heavy atom. The zero-order valence-corrected chi connectivity index (χ0v) is 19.9. The second-order valence-electron chi connectivity index (χ2n) is 8.18. The van der Waals surface area contributed by atoms with E-state index >= 15 is 0 Å². The van der Waals surface area contributed by atoms with Gasteiger partial charge in [-0.05, 0) is 35.4 Å². The first kappa shape index (κ1) is 25.2. The number of carbonyl (C=O) groups is 1. The van der Waals surface area contributed by atoms with Gasteiger partial charge in [0.2, 0.25) is 5.96 Å². The Morgan fingerprint density at radius 3 is 2.53 bits per heavy atom. The number of aromatic nitrogens is 1. The molecule has 0 radical (unpaired) electrons. The van der Waals surface area contributed by atoms with Gasteiger partial charge in [0.1, 0.15) is 5.15 Å². The maximum absolute atomic E-state index is 13.8. The number of aliphatic hydroxyl groups is 1. The van der Waals surface area contributed by atoms with Crippen molar-refractivity contribution < 1.29 is 23.1 Å². The molecule has 0 saturated carbocycles. The smallest absolute Gasteiger partial charge is 0.416 e. The fourth-order valence-electron chi connectivity index (χ4n) is 4.00. The lowest BCUT2D eigenvalue weighted by molar-refractivity contribution is -0.137. The van der Waals surface area contributed by atoms with Crippen molar-refractivity contribution in [3.8, 4) is 0 Å². The van der Waals surface area contributed by atoms with Gasteiger partial charge < -0.3 is 10.0 Å². The predicted octanol–water partition coefficient (Wildman–Crippen LogP) is 5.72. The van der Waals surface area contributed by atoms with Crippen molar-refractivity contribution in [2.75, 3.05) is 13.6 Å². The average molecular weight is 515 g/mol. The van der Waals surface area contributed by atoms with Crippen LogP contribution in [0, 0.1) is 0 Å². The first-order valence-electron chi connectivity index (χ1n) is 11.0. The SMILES string of the molecule is CN1CC(c2cccc(Cl)n2)N(C(=O)C(=CO)c2cccc(C(F)(F)F)c2)C1=NCc1ccccc1. The Morgan fingerprint density at radius 1 is 1.14 bits per heavy atom. The first-order valence-corrected chi connectivity index (χ1v) is 11.3. The summed E-state index contributed by atoms with van der Waals surface area (Å²) in [4.78, 5) is 25.9. The van der Waals surface area contributed by atoms with Crippen molar-refractivity contribution in [3.63, 3.8) is 0 Å². The number of benzene rings is 2. The molecule has 1 saturated heterocycles. The zero-order chi connectivity index (χ0) is 25.9. The Kier molecular flexibility index (Phi) is 7.30. The molecule has 2 heterocycles. The minimum Gasteiger partial charge on any atom is -0.515 e. The third kappa shape index (κ3) is 5.36. The number of pyridine rings is 1. The quantitative estimate of drug-likeness (QED) is 0.268. The highest BCUT2D eigenvalue weighted by molar-refractivity contribution is 6.29. The molecule has 1 atom stereocenters. The van der Waals surface area contributed by atoms with Crippen LogP contribution in [-0.2, 0) is 17.5 Å². The summed E-state index contributed by atoms with van der Waals surface area (Å²) in [7, 11) is 1.75. The summed E-state index contributed by atoms with van der Waals surface area (Å²) in [6.45, 7) is 0.579. The fraction of sp³-hybridized carbons (Fsp3) is 0.192. The summed E-state index contributed by atoms with van der Waals surface area (Å²) in [5.41, 5.74) is 0.0690. The van der Waals surface area contributed by atoms with E-state index in [1.54, 1.807) is 30.1 Å². The highest BCUT2D eigenvalue weighted by Gasteiger charge is 2.41. The normalized spacial score (nSPS) is 17.6. The second-order valence-corrected chi connectivity index (χ2v) is 8.57. The van der Waals surface area contributed by atoms with Crippen molar-refractivity contribution in [1.82, 2.24) is 14.8 Å². The number of carbonyl (C=O) groups excluding carboxylic acids is 1. The number of hydrogen-bond acceptors (Lipinski definition) is 4. The Labute approximate surface area is 211 Å². The highest BCUT2D eigenvalue weighted by atomic mass is 35.5. The maximum Gasteiger partial charge on any atom is 0.416 e. The van der Waals surface area contributed by atoms with Gasteiger partial charge in [0.15, 0.2) is 0 Å². The van der Waals surface area contributed by atoms with Crippen molar-refractivity contribution in [1.29, 1.82) is 0 Å². The molecule has 1 aromatic heterocycles. The molecule has 0 aliphatic carbocycles. The third-order valence-corrected chi connectivity index (χ3v) is 5.93. The lowest BCUT2D eigenvalue weighted by Gasteiger charge is -2.25. The lowest BCUT2D eigenvalue weighted by Crippen LogP contribution is -2.38. The molecule has 1 unspecified atom stereocenters. The molecule has 6 nitrogen and oxygen atoms in total. The highest BCUT2D eigenvalue weighted by Crippen LogP contribution is 2.34.